The quantitative estimate of drug-likeness (QED) is 0.783. The highest BCUT2D eigenvalue weighted by Crippen LogP contribution is 2.19. The van der Waals surface area contributed by atoms with Crippen molar-refractivity contribution in [1.29, 1.82) is 0 Å². The molecule has 0 saturated carbocycles. The van der Waals surface area contributed by atoms with E-state index in [2.05, 4.69) is 73.2 Å². The molecule has 110 valence electrons. The van der Waals surface area contributed by atoms with Gasteiger partial charge < -0.3 is 14.8 Å². The molecule has 20 heavy (non-hydrogen) atoms. The van der Waals surface area contributed by atoms with E-state index in [1.165, 1.54) is 22.9 Å². The van der Waals surface area contributed by atoms with Gasteiger partial charge in [-0.1, -0.05) is 25.1 Å². The number of aromatic nitrogens is 1. The van der Waals surface area contributed by atoms with Crippen molar-refractivity contribution in [3.8, 4) is 0 Å². The van der Waals surface area contributed by atoms with Gasteiger partial charge in [0, 0.05) is 49.8 Å². The molecular weight excluding hydrogens is 246 g/mol. The second-order valence-corrected chi connectivity index (χ2v) is 5.70. The zero-order valence-electron chi connectivity index (χ0n) is 13.2. The second-order valence-electron chi connectivity index (χ2n) is 5.70. The summed E-state index contributed by atoms with van der Waals surface area (Å²) in [6, 6.07) is 9.26. The predicted molar refractivity (Wildman–Crippen MR) is 87.0 cm³/mol. The molecule has 3 nitrogen and oxygen atoms in total. The Labute approximate surface area is 122 Å². The normalized spacial score (nSPS) is 13.2. The summed E-state index contributed by atoms with van der Waals surface area (Å²) in [5, 5.41) is 4.92. The molecule has 0 spiro atoms. The molecule has 0 fully saturated rings. The molecule has 0 saturated heterocycles. The summed E-state index contributed by atoms with van der Waals surface area (Å²) >= 11 is 0. The van der Waals surface area contributed by atoms with Crippen LogP contribution in [0.3, 0.4) is 0 Å². The number of nitrogens with zero attached hydrogens (tertiary/aromatic N) is 2. The smallest absolute Gasteiger partial charge is 0.0481 e. The lowest BCUT2D eigenvalue weighted by Gasteiger charge is -2.23. The highest BCUT2D eigenvalue weighted by molar-refractivity contribution is 5.83. The van der Waals surface area contributed by atoms with Crippen molar-refractivity contribution in [2.75, 3.05) is 20.1 Å². The number of hydrogen-bond acceptors (Lipinski definition) is 2. The van der Waals surface area contributed by atoms with Crippen LogP contribution in [0.25, 0.3) is 10.9 Å². The van der Waals surface area contributed by atoms with Gasteiger partial charge in [-0.05, 0) is 32.0 Å². The van der Waals surface area contributed by atoms with Gasteiger partial charge in [-0.15, -0.1) is 0 Å². The van der Waals surface area contributed by atoms with Crippen LogP contribution in [0.2, 0.25) is 0 Å². The lowest BCUT2D eigenvalue weighted by molar-refractivity contribution is 0.252. The molecule has 0 aliphatic carbocycles. The molecular formula is C17H27N3. The van der Waals surface area contributed by atoms with Gasteiger partial charge >= 0.3 is 0 Å². The van der Waals surface area contributed by atoms with Crippen molar-refractivity contribution < 1.29 is 0 Å². The highest BCUT2D eigenvalue weighted by Gasteiger charge is 2.07. The fourth-order valence-corrected chi connectivity index (χ4v) is 2.58. The first-order chi connectivity index (χ1) is 9.63. The molecule has 2 rings (SSSR count). The Balaban J connectivity index is 1.87. The second kappa shape index (κ2) is 6.91. The first-order valence-electron chi connectivity index (χ1n) is 7.57. The van der Waals surface area contributed by atoms with Gasteiger partial charge in [0.15, 0.2) is 0 Å². The first kappa shape index (κ1) is 15.1. The van der Waals surface area contributed by atoms with E-state index in [1.54, 1.807) is 0 Å². The topological polar surface area (TPSA) is 20.2 Å². The summed E-state index contributed by atoms with van der Waals surface area (Å²) in [7, 11) is 4.32. The number of rotatable bonds is 7. The summed E-state index contributed by atoms with van der Waals surface area (Å²) in [4.78, 5) is 2.41. The fourth-order valence-electron chi connectivity index (χ4n) is 2.58. The van der Waals surface area contributed by atoms with Crippen molar-refractivity contribution in [3.05, 3.63) is 36.0 Å². The molecule has 1 aromatic carbocycles. The lowest BCUT2D eigenvalue weighted by Crippen LogP contribution is -2.34. The number of benzene rings is 1. The molecule has 2 aromatic rings. The average molecular weight is 273 g/mol. The minimum absolute atomic E-state index is 0.661. The summed E-state index contributed by atoms with van der Waals surface area (Å²) in [5.41, 5.74) is 2.69. The molecule has 0 aliphatic heterocycles. The zero-order valence-corrected chi connectivity index (χ0v) is 13.2. The fraction of sp³-hybridized carbons (Fsp3) is 0.529. The summed E-state index contributed by atoms with van der Waals surface area (Å²) in [6.07, 6.45) is 3.44. The van der Waals surface area contributed by atoms with Gasteiger partial charge in [-0.2, -0.15) is 0 Å². The van der Waals surface area contributed by atoms with Gasteiger partial charge in [-0.25, -0.2) is 0 Å². The third-order valence-electron chi connectivity index (χ3n) is 4.28. The van der Waals surface area contributed by atoms with E-state index in [0.29, 0.717) is 6.04 Å². The maximum atomic E-state index is 3.56. The zero-order chi connectivity index (χ0) is 14.5. The van der Waals surface area contributed by atoms with Crippen molar-refractivity contribution in [2.24, 2.45) is 7.05 Å². The summed E-state index contributed by atoms with van der Waals surface area (Å²) < 4.78 is 2.21. The lowest BCUT2D eigenvalue weighted by atomic mass is 10.2. The molecule has 1 heterocycles. The third kappa shape index (κ3) is 3.41. The van der Waals surface area contributed by atoms with E-state index in [1.807, 2.05) is 0 Å². The van der Waals surface area contributed by atoms with E-state index in [4.69, 9.17) is 0 Å². The number of nitrogens with one attached hydrogen (secondary N) is 1. The van der Waals surface area contributed by atoms with Crippen molar-refractivity contribution in [1.82, 2.24) is 14.8 Å². The van der Waals surface area contributed by atoms with Crippen LogP contribution in [0.4, 0.5) is 0 Å². The van der Waals surface area contributed by atoms with Gasteiger partial charge in [0.05, 0.1) is 0 Å². The third-order valence-corrected chi connectivity index (χ3v) is 4.28. The Hall–Kier alpha value is -1.32. The molecule has 1 unspecified atom stereocenters. The summed E-state index contributed by atoms with van der Waals surface area (Å²) in [5.74, 6) is 0. The molecule has 0 radical (unpaired) electrons. The number of para-hydroxylation sites is 1. The average Bonchev–Trinajstić information content (AvgIpc) is 2.79. The molecule has 0 aliphatic rings. The molecule has 1 atom stereocenters. The Morgan fingerprint density at radius 3 is 2.80 bits per heavy atom. The van der Waals surface area contributed by atoms with Crippen LogP contribution < -0.4 is 5.32 Å². The molecule has 0 bridgehead atoms. The van der Waals surface area contributed by atoms with Crippen LogP contribution in [0.1, 0.15) is 25.8 Å². The van der Waals surface area contributed by atoms with Gasteiger partial charge in [0.25, 0.3) is 0 Å². The standard InChI is InChI=1S/C17H27N3/c1-5-14(2)19(3)11-10-18-12-15-13-20(4)17-9-7-6-8-16(15)17/h6-9,13-14,18H,5,10-12H2,1-4H3. The highest BCUT2D eigenvalue weighted by atomic mass is 15.1. The minimum Gasteiger partial charge on any atom is -0.350 e. The van der Waals surface area contributed by atoms with Gasteiger partial charge in [0.1, 0.15) is 0 Å². The Bertz CT molecular complexity index is 544. The van der Waals surface area contributed by atoms with Crippen LogP contribution >= 0.6 is 0 Å². The van der Waals surface area contributed by atoms with Crippen LogP contribution in [0.5, 0.6) is 0 Å². The van der Waals surface area contributed by atoms with Crippen molar-refractivity contribution in [3.63, 3.8) is 0 Å². The van der Waals surface area contributed by atoms with Crippen LogP contribution in [0, 0.1) is 0 Å². The van der Waals surface area contributed by atoms with Crippen molar-refractivity contribution >= 4 is 10.9 Å². The van der Waals surface area contributed by atoms with E-state index >= 15 is 0 Å². The number of likely N-dealkylation sites (N-methyl/N-ethyl adjacent to an activating group) is 1. The minimum atomic E-state index is 0.661. The maximum absolute atomic E-state index is 3.56. The van der Waals surface area contributed by atoms with Crippen LogP contribution in [0.15, 0.2) is 30.5 Å². The van der Waals surface area contributed by atoms with E-state index < -0.39 is 0 Å². The Morgan fingerprint density at radius 1 is 1.30 bits per heavy atom. The summed E-state index contributed by atoms with van der Waals surface area (Å²) in [6.45, 7) is 7.59. The molecule has 1 N–H and O–H groups in total. The molecule has 1 aromatic heterocycles. The molecule has 3 heteroatoms. The van der Waals surface area contributed by atoms with Crippen LogP contribution in [-0.2, 0) is 13.6 Å². The first-order valence-corrected chi connectivity index (χ1v) is 7.57. The van der Waals surface area contributed by atoms with E-state index in [-0.39, 0.29) is 0 Å². The Kier molecular flexibility index (Phi) is 5.21. The van der Waals surface area contributed by atoms with Crippen molar-refractivity contribution in [2.45, 2.75) is 32.9 Å². The Morgan fingerprint density at radius 2 is 2.05 bits per heavy atom. The number of aryl methyl sites for hydroxylation is 1. The van der Waals surface area contributed by atoms with Gasteiger partial charge in [0.2, 0.25) is 0 Å². The predicted octanol–water partition coefficient (Wildman–Crippen LogP) is 3.00. The van der Waals surface area contributed by atoms with E-state index in [9.17, 15) is 0 Å². The van der Waals surface area contributed by atoms with E-state index in [0.717, 1.165) is 19.6 Å². The largest absolute Gasteiger partial charge is 0.350 e. The molecule has 0 amide bonds. The SMILES string of the molecule is CCC(C)N(C)CCNCc1cn(C)c2ccccc12. The van der Waals surface area contributed by atoms with Gasteiger partial charge in [-0.3, -0.25) is 0 Å². The number of hydrogen-bond donors (Lipinski definition) is 1. The monoisotopic (exact) mass is 273 g/mol. The van der Waals surface area contributed by atoms with Crippen LogP contribution in [-0.4, -0.2) is 35.6 Å². The maximum Gasteiger partial charge on any atom is 0.0481 e. The number of fused-ring (bicyclic) bond motifs is 1.